The molecule has 3 rings (SSSR count). The first-order chi connectivity index (χ1) is 11.5. The van der Waals surface area contributed by atoms with E-state index in [9.17, 15) is 4.79 Å². The van der Waals surface area contributed by atoms with Crippen molar-refractivity contribution in [3.63, 3.8) is 0 Å². The second kappa shape index (κ2) is 7.01. The summed E-state index contributed by atoms with van der Waals surface area (Å²) in [4.78, 5) is 12.2. The summed E-state index contributed by atoms with van der Waals surface area (Å²) >= 11 is 5.92. The van der Waals surface area contributed by atoms with Crippen molar-refractivity contribution in [3.8, 4) is 17.2 Å². The predicted molar refractivity (Wildman–Crippen MR) is 90.7 cm³/mol. The number of ether oxygens (including phenoxy) is 3. The number of fused-ring (bicyclic) bond motifs is 1. The van der Waals surface area contributed by atoms with Crippen LogP contribution in [-0.4, -0.2) is 18.8 Å². The van der Waals surface area contributed by atoms with Crippen molar-refractivity contribution in [3.05, 3.63) is 52.5 Å². The molecule has 1 amide bonds. The molecule has 0 saturated carbocycles. The summed E-state index contributed by atoms with van der Waals surface area (Å²) in [5.41, 5.74) is 1.82. The van der Waals surface area contributed by atoms with E-state index in [2.05, 4.69) is 5.32 Å². The van der Waals surface area contributed by atoms with Gasteiger partial charge in [0.15, 0.2) is 17.6 Å². The fourth-order valence-electron chi connectivity index (χ4n) is 2.37. The minimum absolute atomic E-state index is 0.193. The number of carbonyl (C=O) groups excluding carboxylic acids is 1. The smallest absolute Gasteiger partial charge is 0.261 e. The number of aryl methyl sites for hydroxylation is 1. The molecule has 0 unspecified atom stereocenters. The van der Waals surface area contributed by atoms with Crippen LogP contribution in [0.4, 0.5) is 0 Å². The van der Waals surface area contributed by atoms with E-state index in [4.69, 9.17) is 25.8 Å². The van der Waals surface area contributed by atoms with Crippen LogP contribution in [0, 0.1) is 6.92 Å². The van der Waals surface area contributed by atoms with Gasteiger partial charge in [-0.2, -0.15) is 0 Å². The third-order valence-electron chi connectivity index (χ3n) is 3.71. The normalized spacial score (nSPS) is 13.5. The summed E-state index contributed by atoms with van der Waals surface area (Å²) in [6, 6.07) is 10.9. The lowest BCUT2D eigenvalue weighted by Crippen LogP contribution is -2.36. The van der Waals surface area contributed by atoms with Crippen LogP contribution in [-0.2, 0) is 11.3 Å². The van der Waals surface area contributed by atoms with Crippen LogP contribution in [0.25, 0.3) is 0 Å². The van der Waals surface area contributed by atoms with Gasteiger partial charge in [0.2, 0.25) is 6.79 Å². The lowest BCUT2D eigenvalue weighted by atomic mass is 10.2. The first kappa shape index (κ1) is 16.5. The molecular weight excluding hydrogens is 330 g/mol. The van der Waals surface area contributed by atoms with E-state index in [1.807, 2.05) is 25.1 Å². The van der Waals surface area contributed by atoms with Crippen molar-refractivity contribution in [2.45, 2.75) is 26.5 Å². The highest BCUT2D eigenvalue weighted by Gasteiger charge is 2.17. The summed E-state index contributed by atoms with van der Waals surface area (Å²) < 4.78 is 16.3. The van der Waals surface area contributed by atoms with Gasteiger partial charge >= 0.3 is 0 Å². The largest absolute Gasteiger partial charge is 0.481 e. The van der Waals surface area contributed by atoms with Gasteiger partial charge in [-0.1, -0.05) is 17.7 Å². The van der Waals surface area contributed by atoms with Crippen molar-refractivity contribution in [1.82, 2.24) is 5.32 Å². The summed E-state index contributed by atoms with van der Waals surface area (Å²) in [6.07, 6.45) is -0.612. The zero-order valence-corrected chi connectivity index (χ0v) is 14.2. The fraction of sp³-hybridized carbons (Fsp3) is 0.278. The molecule has 0 spiro atoms. The third kappa shape index (κ3) is 3.74. The van der Waals surface area contributed by atoms with Gasteiger partial charge < -0.3 is 19.5 Å². The van der Waals surface area contributed by atoms with Gasteiger partial charge in [-0.05, 0) is 55.3 Å². The molecule has 1 aliphatic heterocycles. The highest BCUT2D eigenvalue weighted by atomic mass is 35.5. The number of amides is 1. The quantitative estimate of drug-likeness (QED) is 0.900. The van der Waals surface area contributed by atoms with Crippen LogP contribution in [0.15, 0.2) is 36.4 Å². The zero-order valence-electron chi connectivity index (χ0n) is 13.5. The second-order valence-corrected chi connectivity index (χ2v) is 6.01. The Labute approximate surface area is 145 Å². The molecule has 0 aromatic heterocycles. The molecule has 6 heteroatoms. The van der Waals surface area contributed by atoms with Crippen molar-refractivity contribution < 1.29 is 19.0 Å². The average Bonchev–Trinajstić information content (AvgIpc) is 3.02. The molecule has 5 nitrogen and oxygen atoms in total. The molecule has 24 heavy (non-hydrogen) atoms. The molecule has 2 aromatic carbocycles. The topological polar surface area (TPSA) is 56.8 Å². The van der Waals surface area contributed by atoms with Crippen LogP contribution in [0.2, 0.25) is 5.02 Å². The number of carbonyl (C=O) groups is 1. The number of halogens is 1. The first-order valence-corrected chi connectivity index (χ1v) is 8.00. The standard InChI is InChI=1S/C18H18ClNO4/c1-11-7-14(19)4-6-15(11)24-12(2)18(21)20-9-13-3-5-16-17(8-13)23-10-22-16/h3-8,12H,9-10H2,1-2H3,(H,20,21)/t12-/m1/s1. The van der Waals surface area contributed by atoms with Gasteiger partial charge in [-0.15, -0.1) is 0 Å². The van der Waals surface area contributed by atoms with E-state index in [-0.39, 0.29) is 12.7 Å². The Morgan fingerprint density at radius 3 is 2.83 bits per heavy atom. The van der Waals surface area contributed by atoms with Crippen molar-refractivity contribution in [1.29, 1.82) is 0 Å². The number of hydrogen-bond acceptors (Lipinski definition) is 4. The van der Waals surface area contributed by atoms with Gasteiger partial charge in [-0.25, -0.2) is 0 Å². The predicted octanol–water partition coefficient (Wildman–Crippen LogP) is 3.46. The lowest BCUT2D eigenvalue weighted by molar-refractivity contribution is -0.127. The van der Waals surface area contributed by atoms with Crippen molar-refractivity contribution in [2.75, 3.05) is 6.79 Å². The summed E-state index contributed by atoms with van der Waals surface area (Å²) in [5, 5.41) is 3.49. The van der Waals surface area contributed by atoms with Gasteiger partial charge in [0.05, 0.1) is 0 Å². The Balaban J connectivity index is 1.56. The highest BCUT2D eigenvalue weighted by molar-refractivity contribution is 6.30. The van der Waals surface area contributed by atoms with E-state index in [0.29, 0.717) is 23.1 Å². The van der Waals surface area contributed by atoms with Gasteiger partial charge in [-0.3, -0.25) is 4.79 Å². The lowest BCUT2D eigenvalue weighted by Gasteiger charge is -2.16. The second-order valence-electron chi connectivity index (χ2n) is 5.58. The Morgan fingerprint density at radius 2 is 2.04 bits per heavy atom. The Bertz CT molecular complexity index is 763. The highest BCUT2D eigenvalue weighted by Crippen LogP contribution is 2.32. The van der Waals surface area contributed by atoms with E-state index >= 15 is 0 Å². The van der Waals surface area contributed by atoms with Gasteiger partial charge in [0, 0.05) is 11.6 Å². The molecular formula is C18H18ClNO4. The third-order valence-corrected chi connectivity index (χ3v) is 3.95. The molecule has 0 saturated heterocycles. The van der Waals surface area contributed by atoms with E-state index < -0.39 is 6.10 Å². The minimum atomic E-state index is -0.612. The first-order valence-electron chi connectivity index (χ1n) is 7.62. The number of benzene rings is 2. The molecule has 0 fully saturated rings. The summed E-state index contributed by atoms with van der Waals surface area (Å²) in [7, 11) is 0. The Kier molecular flexibility index (Phi) is 4.81. The van der Waals surface area contributed by atoms with Gasteiger partial charge in [0.25, 0.3) is 5.91 Å². The molecule has 2 aromatic rings. The van der Waals surface area contributed by atoms with Gasteiger partial charge in [0.1, 0.15) is 5.75 Å². The SMILES string of the molecule is Cc1cc(Cl)ccc1O[C@H](C)C(=O)NCc1ccc2c(c1)OCO2. The fourth-order valence-corrected chi connectivity index (χ4v) is 2.60. The van der Waals surface area contributed by atoms with Crippen LogP contribution in [0.5, 0.6) is 17.2 Å². The van der Waals surface area contributed by atoms with E-state index in [0.717, 1.165) is 16.9 Å². The molecule has 0 radical (unpaired) electrons. The maximum Gasteiger partial charge on any atom is 0.261 e. The van der Waals surface area contributed by atoms with Crippen molar-refractivity contribution in [2.24, 2.45) is 0 Å². The molecule has 1 N–H and O–H groups in total. The molecule has 0 bridgehead atoms. The van der Waals surface area contributed by atoms with Crippen LogP contribution < -0.4 is 19.5 Å². The maximum absolute atomic E-state index is 12.2. The number of rotatable bonds is 5. The zero-order chi connectivity index (χ0) is 17.1. The van der Waals surface area contributed by atoms with Crippen molar-refractivity contribution >= 4 is 17.5 Å². The van der Waals surface area contributed by atoms with E-state index in [1.165, 1.54) is 0 Å². The summed E-state index contributed by atoms with van der Waals surface area (Å²) in [5.74, 6) is 1.87. The van der Waals surface area contributed by atoms with Crippen LogP contribution in [0.3, 0.4) is 0 Å². The van der Waals surface area contributed by atoms with Crippen LogP contribution in [0.1, 0.15) is 18.1 Å². The van der Waals surface area contributed by atoms with E-state index in [1.54, 1.807) is 25.1 Å². The molecule has 1 aliphatic rings. The average molecular weight is 348 g/mol. The van der Waals surface area contributed by atoms with Crippen LogP contribution >= 0.6 is 11.6 Å². The summed E-state index contributed by atoms with van der Waals surface area (Å²) in [6.45, 7) is 4.22. The molecule has 0 aliphatic carbocycles. The molecule has 126 valence electrons. The number of hydrogen-bond donors (Lipinski definition) is 1. The minimum Gasteiger partial charge on any atom is -0.481 e. The Hall–Kier alpha value is -2.40. The Morgan fingerprint density at radius 1 is 1.25 bits per heavy atom. The number of nitrogens with one attached hydrogen (secondary N) is 1. The molecule has 1 atom stereocenters. The monoisotopic (exact) mass is 347 g/mol. The molecule has 1 heterocycles. The maximum atomic E-state index is 12.2.